The molecule has 5 rings (SSSR count). The molecule has 0 unspecified atom stereocenters. The molecular weight excluding hydrogens is 488 g/mol. The highest BCUT2D eigenvalue weighted by atomic mass is 16.5. The van der Waals surface area contributed by atoms with Crippen molar-refractivity contribution in [3.63, 3.8) is 0 Å². The van der Waals surface area contributed by atoms with E-state index < -0.39 is 0 Å². The fraction of sp³-hybridized carbons (Fsp3) is 0.469. The molecule has 3 aromatic rings. The maximum atomic E-state index is 13.5. The van der Waals surface area contributed by atoms with E-state index in [1.54, 1.807) is 7.11 Å². The van der Waals surface area contributed by atoms with Crippen molar-refractivity contribution in [3.05, 3.63) is 82.3 Å². The monoisotopic (exact) mass is 528 g/mol. The minimum absolute atomic E-state index is 0.0755. The summed E-state index contributed by atoms with van der Waals surface area (Å²) >= 11 is 0. The van der Waals surface area contributed by atoms with Crippen LogP contribution in [0.1, 0.15) is 71.2 Å². The molecule has 0 bridgehead atoms. The minimum atomic E-state index is 0.0755. The molecule has 0 radical (unpaired) electrons. The van der Waals surface area contributed by atoms with Gasteiger partial charge in [-0.15, -0.1) is 0 Å². The van der Waals surface area contributed by atoms with E-state index in [1.807, 2.05) is 35.2 Å². The Labute approximate surface area is 232 Å². The Hall–Kier alpha value is -3.45. The molecule has 1 saturated heterocycles. The summed E-state index contributed by atoms with van der Waals surface area (Å²) in [5, 5.41) is 0. The van der Waals surface area contributed by atoms with Gasteiger partial charge in [-0.25, -0.2) is 9.97 Å². The van der Waals surface area contributed by atoms with Gasteiger partial charge in [0.2, 0.25) is 0 Å². The molecule has 39 heavy (non-hydrogen) atoms. The number of rotatable bonds is 10. The molecule has 0 N–H and O–H groups in total. The quantitative estimate of drug-likeness (QED) is 0.336. The summed E-state index contributed by atoms with van der Waals surface area (Å²) in [6.07, 6.45) is 7.42. The lowest BCUT2D eigenvalue weighted by Gasteiger charge is -2.34. The number of benzene rings is 2. The van der Waals surface area contributed by atoms with Crippen LogP contribution in [0.5, 0.6) is 5.75 Å². The van der Waals surface area contributed by atoms with Crippen molar-refractivity contribution in [3.8, 4) is 5.75 Å². The molecule has 2 aromatic carbocycles. The largest absolute Gasteiger partial charge is 0.497 e. The van der Waals surface area contributed by atoms with E-state index in [9.17, 15) is 4.79 Å². The number of unbranched alkanes of at least 4 members (excludes halogenated alkanes) is 3. The number of carbonyl (C=O) groups excluding carboxylic acids is 1. The first-order valence-electron chi connectivity index (χ1n) is 14.4. The first-order valence-corrected chi connectivity index (χ1v) is 14.4. The zero-order valence-corrected chi connectivity index (χ0v) is 23.3. The Morgan fingerprint density at radius 3 is 2.56 bits per heavy atom. The summed E-state index contributed by atoms with van der Waals surface area (Å²) in [6.45, 7) is 6.35. The molecule has 0 aliphatic carbocycles. The second-order valence-electron chi connectivity index (χ2n) is 10.5. The molecule has 0 saturated carbocycles. The number of ether oxygens (including phenoxy) is 2. The molecule has 3 heterocycles. The third-order valence-electron chi connectivity index (χ3n) is 7.70. The Balaban J connectivity index is 1.34. The Morgan fingerprint density at radius 2 is 1.79 bits per heavy atom. The van der Waals surface area contributed by atoms with Gasteiger partial charge in [-0.3, -0.25) is 4.79 Å². The fourth-order valence-corrected chi connectivity index (χ4v) is 5.45. The van der Waals surface area contributed by atoms with Crippen LogP contribution in [0.3, 0.4) is 0 Å². The molecule has 1 amide bonds. The summed E-state index contributed by atoms with van der Waals surface area (Å²) in [4.78, 5) is 27.8. The van der Waals surface area contributed by atoms with E-state index in [1.165, 1.54) is 31.2 Å². The maximum Gasteiger partial charge on any atom is 0.254 e. The van der Waals surface area contributed by atoms with E-state index in [2.05, 4.69) is 30.0 Å². The van der Waals surface area contributed by atoms with Crippen LogP contribution in [0.2, 0.25) is 0 Å². The molecule has 0 spiro atoms. The van der Waals surface area contributed by atoms with Crippen molar-refractivity contribution in [1.29, 1.82) is 0 Å². The highest BCUT2D eigenvalue weighted by Crippen LogP contribution is 2.29. The van der Waals surface area contributed by atoms with Crippen LogP contribution in [-0.4, -0.2) is 60.7 Å². The highest BCUT2D eigenvalue weighted by Gasteiger charge is 2.29. The molecule has 7 nitrogen and oxygen atoms in total. The third-order valence-corrected chi connectivity index (χ3v) is 7.70. The van der Waals surface area contributed by atoms with Gasteiger partial charge in [0.05, 0.1) is 32.6 Å². The normalized spacial score (nSPS) is 15.2. The first-order chi connectivity index (χ1) is 19.1. The van der Waals surface area contributed by atoms with Gasteiger partial charge in [0.1, 0.15) is 17.4 Å². The Kier molecular flexibility index (Phi) is 9.09. The van der Waals surface area contributed by atoms with E-state index >= 15 is 0 Å². The molecule has 2 aliphatic heterocycles. The molecule has 7 heteroatoms. The van der Waals surface area contributed by atoms with Crippen molar-refractivity contribution in [1.82, 2.24) is 14.9 Å². The zero-order chi connectivity index (χ0) is 27.0. The van der Waals surface area contributed by atoms with Gasteiger partial charge in [0, 0.05) is 43.6 Å². The van der Waals surface area contributed by atoms with E-state index in [0.29, 0.717) is 32.7 Å². The number of aromatic nitrogens is 2. The summed E-state index contributed by atoms with van der Waals surface area (Å²) in [6, 6.07) is 16.3. The van der Waals surface area contributed by atoms with Gasteiger partial charge >= 0.3 is 0 Å². The molecule has 1 aromatic heterocycles. The SMILES string of the molecule is CCCCCCc1ccc(C(=O)N2CCc3nc(Cc4cccc(OC)c4)nc(N4CCOCC4)c3C2)cc1. The average molecular weight is 529 g/mol. The van der Waals surface area contributed by atoms with Crippen molar-refractivity contribution in [2.24, 2.45) is 0 Å². The number of methoxy groups -OCH3 is 1. The van der Waals surface area contributed by atoms with Gasteiger partial charge in [0.15, 0.2) is 0 Å². The van der Waals surface area contributed by atoms with Gasteiger partial charge in [0.25, 0.3) is 5.91 Å². The Morgan fingerprint density at radius 1 is 0.974 bits per heavy atom. The lowest BCUT2D eigenvalue weighted by Crippen LogP contribution is -2.41. The predicted octanol–water partition coefficient (Wildman–Crippen LogP) is 5.23. The van der Waals surface area contributed by atoms with Gasteiger partial charge < -0.3 is 19.3 Å². The number of hydrogen-bond donors (Lipinski definition) is 0. The van der Waals surface area contributed by atoms with Crippen molar-refractivity contribution in [2.45, 2.75) is 58.4 Å². The van der Waals surface area contributed by atoms with E-state index in [-0.39, 0.29) is 5.91 Å². The molecule has 2 aliphatic rings. The lowest BCUT2D eigenvalue weighted by molar-refractivity contribution is 0.0733. The average Bonchev–Trinajstić information content (AvgIpc) is 2.99. The zero-order valence-electron chi connectivity index (χ0n) is 23.3. The van der Waals surface area contributed by atoms with Crippen LogP contribution in [0.25, 0.3) is 0 Å². The van der Waals surface area contributed by atoms with E-state index in [0.717, 1.165) is 65.7 Å². The Bertz CT molecular complexity index is 1250. The predicted molar refractivity (Wildman–Crippen MR) is 154 cm³/mol. The van der Waals surface area contributed by atoms with Crippen LogP contribution >= 0.6 is 0 Å². The minimum Gasteiger partial charge on any atom is -0.497 e. The topological polar surface area (TPSA) is 67.8 Å². The number of carbonyl (C=O) groups is 1. The molecule has 206 valence electrons. The number of nitrogens with zero attached hydrogens (tertiary/aromatic N) is 4. The second kappa shape index (κ2) is 13.1. The molecule has 1 fully saturated rings. The van der Waals surface area contributed by atoms with Crippen LogP contribution in [-0.2, 0) is 30.5 Å². The second-order valence-corrected chi connectivity index (χ2v) is 10.5. The number of fused-ring (bicyclic) bond motifs is 1. The number of aryl methyl sites for hydroxylation is 1. The lowest BCUT2D eigenvalue weighted by atomic mass is 10.0. The number of amides is 1. The third kappa shape index (κ3) is 6.77. The number of hydrogen-bond acceptors (Lipinski definition) is 6. The van der Waals surface area contributed by atoms with Crippen molar-refractivity contribution >= 4 is 11.7 Å². The summed E-state index contributed by atoms with van der Waals surface area (Å²) in [5.41, 5.74) is 5.29. The van der Waals surface area contributed by atoms with Crippen LogP contribution < -0.4 is 9.64 Å². The summed E-state index contributed by atoms with van der Waals surface area (Å²) in [7, 11) is 1.68. The van der Waals surface area contributed by atoms with E-state index in [4.69, 9.17) is 19.4 Å². The standard InChI is InChI=1S/C32H40N4O3/c1-3-4-5-6-8-24-11-13-26(14-12-24)32(37)36-16-15-29-28(23-36)31(35-17-19-39-20-18-35)34-30(33-29)22-25-9-7-10-27(21-25)38-2/h7,9-14,21H,3-6,8,15-20,22-23H2,1-2H3. The van der Waals surface area contributed by atoms with Crippen LogP contribution in [0, 0.1) is 0 Å². The highest BCUT2D eigenvalue weighted by molar-refractivity contribution is 5.94. The van der Waals surface area contributed by atoms with Crippen molar-refractivity contribution < 1.29 is 14.3 Å². The fourth-order valence-electron chi connectivity index (χ4n) is 5.45. The first kappa shape index (κ1) is 27.1. The van der Waals surface area contributed by atoms with Gasteiger partial charge in [-0.2, -0.15) is 0 Å². The smallest absolute Gasteiger partial charge is 0.254 e. The number of morpholine rings is 1. The molecule has 0 atom stereocenters. The maximum absolute atomic E-state index is 13.5. The van der Waals surface area contributed by atoms with Crippen LogP contribution in [0.4, 0.5) is 5.82 Å². The molecular formula is C32H40N4O3. The number of anilines is 1. The van der Waals surface area contributed by atoms with Gasteiger partial charge in [-0.1, -0.05) is 50.5 Å². The summed E-state index contributed by atoms with van der Waals surface area (Å²) < 4.78 is 11.0. The van der Waals surface area contributed by atoms with Crippen molar-refractivity contribution in [2.75, 3.05) is 44.9 Å². The van der Waals surface area contributed by atoms with Gasteiger partial charge in [-0.05, 0) is 48.2 Å². The summed E-state index contributed by atoms with van der Waals surface area (Å²) in [5.74, 6) is 2.66. The van der Waals surface area contributed by atoms with Crippen LogP contribution in [0.15, 0.2) is 48.5 Å².